The van der Waals surface area contributed by atoms with E-state index >= 15 is 0 Å². The fourth-order valence-electron chi connectivity index (χ4n) is 3.41. The molecule has 0 fully saturated rings. The van der Waals surface area contributed by atoms with Crippen LogP contribution in [0.15, 0.2) is 54.6 Å². The molecule has 3 aromatic rings. The maximum absolute atomic E-state index is 12.1. The SMILES string of the molecule is COc1ccc2ccccc2c1C1CC(=O)Oc2cc(O)ccc21. The summed E-state index contributed by atoms with van der Waals surface area (Å²) in [5.41, 5.74) is 1.85. The zero-order chi connectivity index (χ0) is 16.7. The molecule has 1 N–H and O–H groups in total. The Morgan fingerprint density at radius 2 is 1.96 bits per heavy atom. The molecule has 1 unspecified atom stereocenters. The van der Waals surface area contributed by atoms with Crippen molar-refractivity contribution >= 4 is 16.7 Å². The van der Waals surface area contributed by atoms with Crippen molar-refractivity contribution in [1.82, 2.24) is 0 Å². The Bertz CT molecular complexity index is 946. The fraction of sp³-hybridized carbons (Fsp3) is 0.150. The van der Waals surface area contributed by atoms with Crippen LogP contribution in [0.25, 0.3) is 10.8 Å². The molecule has 1 aliphatic heterocycles. The lowest BCUT2D eigenvalue weighted by atomic mass is 9.83. The molecule has 1 atom stereocenters. The second-order valence-corrected chi connectivity index (χ2v) is 5.86. The molecule has 3 aromatic carbocycles. The van der Waals surface area contributed by atoms with Crippen molar-refractivity contribution in [3.63, 3.8) is 0 Å². The van der Waals surface area contributed by atoms with Crippen LogP contribution in [0.5, 0.6) is 17.2 Å². The molecule has 4 nitrogen and oxygen atoms in total. The van der Waals surface area contributed by atoms with Crippen molar-refractivity contribution in [2.45, 2.75) is 12.3 Å². The van der Waals surface area contributed by atoms with Crippen LogP contribution in [0.4, 0.5) is 0 Å². The number of ether oxygens (including phenoxy) is 2. The van der Waals surface area contributed by atoms with E-state index in [2.05, 4.69) is 0 Å². The number of fused-ring (bicyclic) bond motifs is 2. The minimum Gasteiger partial charge on any atom is -0.508 e. The summed E-state index contributed by atoms with van der Waals surface area (Å²) < 4.78 is 10.9. The molecule has 1 heterocycles. The van der Waals surface area contributed by atoms with Gasteiger partial charge in [-0.15, -0.1) is 0 Å². The molecule has 0 bridgehead atoms. The quantitative estimate of drug-likeness (QED) is 0.573. The molecule has 4 heteroatoms. The summed E-state index contributed by atoms with van der Waals surface area (Å²) in [6, 6.07) is 16.9. The molecular formula is C20H16O4. The van der Waals surface area contributed by atoms with Gasteiger partial charge in [0.05, 0.1) is 13.5 Å². The molecule has 1 aliphatic rings. The maximum Gasteiger partial charge on any atom is 0.312 e. The van der Waals surface area contributed by atoms with Crippen LogP contribution in [-0.2, 0) is 4.79 Å². The third kappa shape index (κ3) is 2.27. The smallest absolute Gasteiger partial charge is 0.312 e. The molecular weight excluding hydrogens is 304 g/mol. The normalized spacial score (nSPS) is 16.5. The van der Waals surface area contributed by atoms with Gasteiger partial charge < -0.3 is 14.6 Å². The van der Waals surface area contributed by atoms with Gasteiger partial charge in [0.25, 0.3) is 0 Å². The standard InChI is InChI=1S/C20H16O4/c1-23-17-9-6-12-4-2-3-5-14(12)20(17)16-11-19(22)24-18-10-13(21)7-8-15(16)18/h2-10,16,21H,11H2,1H3. The van der Waals surface area contributed by atoms with Gasteiger partial charge in [-0.05, 0) is 22.9 Å². The summed E-state index contributed by atoms with van der Waals surface area (Å²) in [7, 11) is 1.63. The first-order valence-corrected chi connectivity index (χ1v) is 7.76. The highest BCUT2D eigenvalue weighted by atomic mass is 16.5. The predicted molar refractivity (Wildman–Crippen MR) is 90.7 cm³/mol. The Morgan fingerprint density at radius 3 is 2.79 bits per heavy atom. The first-order chi connectivity index (χ1) is 11.7. The monoisotopic (exact) mass is 320 g/mol. The lowest BCUT2D eigenvalue weighted by molar-refractivity contribution is -0.135. The molecule has 0 aromatic heterocycles. The number of methoxy groups -OCH3 is 1. The molecule has 0 radical (unpaired) electrons. The average molecular weight is 320 g/mol. The number of phenols is 1. The average Bonchev–Trinajstić information content (AvgIpc) is 2.59. The summed E-state index contributed by atoms with van der Waals surface area (Å²) in [4.78, 5) is 12.1. The number of esters is 1. The third-order valence-electron chi connectivity index (χ3n) is 4.47. The number of hydrogen-bond acceptors (Lipinski definition) is 4. The number of rotatable bonds is 2. The second-order valence-electron chi connectivity index (χ2n) is 5.86. The Kier molecular flexibility index (Phi) is 3.38. The number of carbonyl (C=O) groups is 1. The lowest BCUT2D eigenvalue weighted by Crippen LogP contribution is -2.21. The van der Waals surface area contributed by atoms with Crippen molar-refractivity contribution in [2.75, 3.05) is 7.11 Å². The number of hydrogen-bond donors (Lipinski definition) is 1. The van der Waals surface area contributed by atoms with Gasteiger partial charge in [-0.3, -0.25) is 4.79 Å². The predicted octanol–water partition coefficient (Wildman–Crippen LogP) is 4.00. The van der Waals surface area contributed by atoms with E-state index in [0.717, 1.165) is 27.6 Å². The minimum absolute atomic E-state index is 0.0760. The highest BCUT2D eigenvalue weighted by Crippen LogP contribution is 2.45. The molecule has 4 rings (SSSR count). The first-order valence-electron chi connectivity index (χ1n) is 7.76. The number of benzene rings is 3. The zero-order valence-corrected chi connectivity index (χ0v) is 13.2. The van der Waals surface area contributed by atoms with Crippen LogP contribution in [0.1, 0.15) is 23.5 Å². The van der Waals surface area contributed by atoms with E-state index in [1.165, 1.54) is 6.07 Å². The Hall–Kier alpha value is -3.01. The summed E-state index contributed by atoms with van der Waals surface area (Å²) in [5, 5.41) is 11.8. The molecule has 24 heavy (non-hydrogen) atoms. The van der Waals surface area contributed by atoms with E-state index in [1.54, 1.807) is 13.2 Å². The fourth-order valence-corrected chi connectivity index (χ4v) is 3.41. The van der Waals surface area contributed by atoms with Crippen molar-refractivity contribution < 1.29 is 19.4 Å². The molecule has 0 saturated carbocycles. The van der Waals surface area contributed by atoms with Gasteiger partial charge in [-0.2, -0.15) is 0 Å². The van der Waals surface area contributed by atoms with Gasteiger partial charge in [-0.1, -0.05) is 36.4 Å². The van der Waals surface area contributed by atoms with Gasteiger partial charge in [0.1, 0.15) is 17.2 Å². The number of aromatic hydroxyl groups is 1. The van der Waals surface area contributed by atoms with E-state index < -0.39 is 0 Å². The van der Waals surface area contributed by atoms with Crippen LogP contribution >= 0.6 is 0 Å². The van der Waals surface area contributed by atoms with Crippen LogP contribution in [0.2, 0.25) is 0 Å². The van der Waals surface area contributed by atoms with Gasteiger partial charge in [0, 0.05) is 23.1 Å². The maximum atomic E-state index is 12.1. The largest absolute Gasteiger partial charge is 0.508 e. The topological polar surface area (TPSA) is 55.8 Å². The highest BCUT2D eigenvalue weighted by Gasteiger charge is 2.31. The summed E-state index contributed by atoms with van der Waals surface area (Å²) in [6.07, 6.45) is 0.238. The van der Waals surface area contributed by atoms with Crippen LogP contribution in [-0.4, -0.2) is 18.2 Å². The molecule has 120 valence electrons. The van der Waals surface area contributed by atoms with Crippen LogP contribution < -0.4 is 9.47 Å². The molecule has 0 saturated heterocycles. The lowest BCUT2D eigenvalue weighted by Gasteiger charge is -2.27. The number of phenolic OH excluding ortho intramolecular Hbond substituents is 1. The Balaban J connectivity index is 2.00. The van der Waals surface area contributed by atoms with Gasteiger partial charge in [-0.25, -0.2) is 0 Å². The number of carbonyl (C=O) groups excluding carboxylic acids is 1. The van der Waals surface area contributed by atoms with Crippen molar-refractivity contribution in [3.8, 4) is 17.2 Å². The molecule has 0 aliphatic carbocycles. The summed E-state index contributed by atoms with van der Waals surface area (Å²) >= 11 is 0. The van der Waals surface area contributed by atoms with Crippen molar-refractivity contribution in [2.24, 2.45) is 0 Å². The summed E-state index contributed by atoms with van der Waals surface area (Å²) in [5.74, 6) is 0.738. The second kappa shape index (κ2) is 5.57. The summed E-state index contributed by atoms with van der Waals surface area (Å²) in [6.45, 7) is 0. The van der Waals surface area contributed by atoms with E-state index in [1.807, 2.05) is 42.5 Å². The third-order valence-corrected chi connectivity index (χ3v) is 4.47. The van der Waals surface area contributed by atoms with Crippen LogP contribution in [0.3, 0.4) is 0 Å². The highest BCUT2D eigenvalue weighted by molar-refractivity contribution is 5.90. The zero-order valence-electron chi connectivity index (χ0n) is 13.2. The molecule has 0 amide bonds. The van der Waals surface area contributed by atoms with Crippen molar-refractivity contribution in [3.05, 3.63) is 65.7 Å². The van der Waals surface area contributed by atoms with E-state index in [-0.39, 0.29) is 24.1 Å². The first kappa shape index (κ1) is 14.6. The van der Waals surface area contributed by atoms with Crippen molar-refractivity contribution in [1.29, 1.82) is 0 Å². The van der Waals surface area contributed by atoms with Crippen LogP contribution in [0, 0.1) is 0 Å². The van der Waals surface area contributed by atoms with Gasteiger partial charge in [0.15, 0.2) is 0 Å². The van der Waals surface area contributed by atoms with Gasteiger partial charge >= 0.3 is 5.97 Å². The Morgan fingerprint density at radius 1 is 1.12 bits per heavy atom. The van der Waals surface area contributed by atoms with E-state index in [4.69, 9.17) is 9.47 Å². The Labute approximate surface area is 139 Å². The van der Waals surface area contributed by atoms with E-state index in [9.17, 15) is 9.90 Å². The van der Waals surface area contributed by atoms with Gasteiger partial charge in [0.2, 0.25) is 0 Å². The minimum atomic E-state index is -0.312. The molecule has 0 spiro atoms. The van der Waals surface area contributed by atoms with E-state index in [0.29, 0.717) is 5.75 Å².